The maximum absolute atomic E-state index is 12.8. The lowest BCUT2D eigenvalue weighted by atomic mass is 10.1. The Labute approximate surface area is 194 Å². The number of anilines is 1. The molecule has 0 radical (unpaired) electrons. The van der Waals surface area contributed by atoms with Gasteiger partial charge in [-0.1, -0.05) is 89.0 Å². The normalized spacial score (nSPS) is 11.8. The maximum atomic E-state index is 12.8. The van der Waals surface area contributed by atoms with Crippen LogP contribution in [0.1, 0.15) is 94.0 Å². The van der Waals surface area contributed by atoms with E-state index < -0.39 is 0 Å². The number of carbonyl (C=O) groups excluding carboxylic acids is 1. The molecular weight excluding hydrogens is 396 g/mol. The molecule has 3 N–H and O–H groups in total. The van der Waals surface area contributed by atoms with Crippen molar-refractivity contribution in [2.45, 2.75) is 90.5 Å². The van der Waals surface area contributed by atoms with Crippen LogP contribution in [-0.4, -0.2) is 18.6 Å². The van der Waals surface area contributed by atoms with Gasteiger partial charge < -0.3 is 15.8 Å². The molecule has 0 saturated heterocycles. The van der Waals surface area contributed by atoms with Gasteiger partial charge in [-0.2, -0.15) is 0 Å². The van der Waals surface area contributed by atoms with Crippen molar-refractivity contribution >= 4 is 11.6 Å². The Balaban J connectivity index is 1.71. The number of ether oxygens (including phenoxy) is 1. The van der Waals surface area contributed by atoms with Crippen LogP contribution in [0.15, 0.2) is 48.5 Å². The smallest absolute Gasteiger partial charge is 0.259 e. The van der Waals surface area contributed by atoms with E-state index in [-0.39, 0.29) is 11.9 Å². The Kier molecular flexibility index (Phi) is 12.5. The summed E-state index contributed by atoms with van der Waals surface area (Å²) in [6.45, 7) is 4.89. The molecule has 2 aromatic carbocycles. The van der Waals surface area contributed by atoms with E-state index in [9.17, 15) is 4.79 Å². The number of amides is 1. The van der Waals surface area contributed by atoms with E-state index in [1.807, 2.05) is 55.5 Å². The van der Waals surface area contributed by atoms with E-state index in [2.05, 4.69) is 12.2 Å². The molecule has 0 bridgehead atoms. The second-order valence-electron chi connectivity index (χ2n) is 8.86. The summed E-state index contributed by atoms with van der Waals surface area (Å²) >= 11 is 0. The number of carbonyl (C=O) groups is 1. The fourth-order valence-electron chi connectivity index (χ4n) is 3.85. The minimum atomic E-state index is -0.149. The molecular formula is C28H42N2O2. The number of hydrogen-bond acceptors (Lipinski definition) is 3. The third-order valence-electron chi connectivity index (χ3n) is 5.66. The lowest BCUT2D eigenvalue weighted by molar-refractivity contribution is 0.102. The quantitative estimate of drug-likeness (QED) is 0.274. The highest BCUT2D eigenvalue weighted by molar-refractivity contribution is 6.06. The van der Waals surface area contributed by atoms with Crippen LogP contribution in [0.4, 0.5) is 5.69 Å². The van der Waals surface area contributed by atoms with Crippen LogP contribution in [0.3, 0.4) is 0 Å². The minimum Gasteiger partial charge on any atom is -0.493 e. The Morgan fingerprint density at radius 3 is 2.09 bits per heavy atom. The first kappa shape index (κ1) is 25.9. The molecule has 1 amide bonds. The molecule has 4 nitrogen and oxygen atoms in total. The highest BCUT2D eigenvalue weighted by Gasteiger charge is 2.12. The SMILES string of the molecule is CCCCCCCCCCCCOc1ccccc1C(=O)Nc1ccc(CC(C)N)cc1. The Morgan fingerprint density at radius 2 is 1.47 bits per heavy atom. The number of nitrogens with two attached hydrogens (primary N) is 1. The zero-order chi connectivity index (χ0) is 23.0. The van der Waals surface area contributed by atoms with E-state index in [1.54, 1.807) is 0 Å². The fourth-order valence-corrected chi connectivity index (χ4v) is 3.85. The zero-order valence-electron chi connectivity index (χ0n) is 20.1. The van der Waals surface area contributed by atoms with Crippen molar-refractivity contribution in [1.82, 2.24) is 0 Å². The van der Waals surface area contributed by atoms with Crippen LogP contribution in [0.25, 0.3) is 0 Å². The standard InChI is InChI=1S/C28H42N2O2/c1-3-4-5-6-7-8-9-10-11-14-21-32-27-16-13-12-15-26(27)28(31)30-25-19-17-24(18-20-25)22-23(2)29/h12-13,15-20,23H,3-11,14,21-22,29H2,1-2H3,(H,30,31). The first-order valence-corrected chi connectivity index (χ1v) is 12.5. The summed E-state index contributed by atoms with van der Waals surface area (Å²) < 4.78 is 5.96. The van der Waals surface area contributed by atoms with Gasteiger partial charge in [0.1, 0.15) is 5.75 Å². The van der Waals surface area contributed by atoms with E-state index in [0.717, 1.165) is 18.5 Å². The third kappa shape index (κ3) is 10.3. The number of unbranched alkanes of at least 4 members (excludes halogenated alkanes) is 9. The van der Waals surface area contributed by atoms with Crippen LogP contribution in [0, 0.1) is 0 Å². The van der Waals surface area contributed by atoms with E-state index >= 15 is 0 Å². The molecule has 0 fully saturated rings. The summed E-state index contributed by atoms with van der Waals surface area (Å²) in [5.74, 6) is 0.498. The molecule has 0 aliphatic heterocycles. The summed E-state index contributed by atoms with van der Waals surface area (Å²) in [6.07, 6.45) is 13.8. The van der Waals surface area contributed by atoms with Gasteiger partial charge in [0.25, 0.3) is 5.91 Å². The van der Waals surface area contributed by atoms with E-state index in [0.29, 0.717) is 17.9 Å². The number of hydrogen-bond donors (Lipinski definition) is 2. The lowest BCUT2D eigenvalue weighted by Gasteiger charge is -2.12. The van der Waals surface area contributed by atoms with Gasteiger partial charge in [0.15, 0.2) is 0 Å². The van der Waals surface area contributed by atoms with Gasteiger partial charge in [-0.15, -0.1) is 0 Å². The summed E-state index contributed by atoms with van der Waals surface area (Å²) in [5.41, 5.74) is 8.36. The number of para-hydroxylation sites is 1. The van der Waals surface area contributed by atoms with Gasteiger partial charge in [0.05, 0.1) is 12.2 Å². The Morgan fingerprint density at radius 1 is 0.875 bits per heavy atom. The fraction of sp³-hybridized carbons (Fsp3) is 0.536. The van der Waals surface area contributed by atoms with Crippen LogP contribution in [0.2, 0.25) is 0 Å². The van der Waals surface area contributed by atoms with Crippen molar-refractivity contribution in [2.75, 3.05) is 11.9 Å². The van der Waals surface area contributed by atoms with Gasteiger partial charge in [0.2, 0.25) is 0 Å². The summed E-state index contributed by atoms with van der Waals surface area (Å²) in [7, 11) is 0. The van der Waals surface area contributed by atoms with Crippen molar-refractivity contribution in [1.29, 1.82) is 0 Å². The van der Waals surface area contributed by atoms with Gasteiger partial charge in [-0.3, -0.25) is 4.79 Å². The molecule has 2 aromatic rings. The largest absolute Gasteiger partial charge is 0.493 e. The second kappa shape index (κ2) is 15.5. The van der Waals surface area contributed by atoms with Gasteiger partial charge >= 0.3 is 0 Å². The minimum absolute atomic E-state index is 0.120. The summed E-state index contributed by atoms with van der Waals surface area (Å²) in [4.78, 5) is 12.8. The van der Waals surface area contributed by atoms with E-state index in [1.165, 1.54) is 63.4 Å². The average Bonchev–Trinajstić information content (AvgIpc) is 2.78. The monoisotopic (exact) mass is 438 g/mol. The molecule has 1 atom stereocenters. The lowest BCUT2D eigenvalue weighted by Crippen LogP contribution is -2.17. The van der Waals surface area contributed by atoms with Gasteiger partial charge in [0, 0.05) is 11.7 Å². The third-order valence-corrected chi connectivity index (χ3v) is 5.66. The Hall–Kier alpha value is -2.33. The molecule has 0 aromatic heterocycles. The van der Waals surface area contributed by atoms with Crippen LogP contribution >= 0.6 is 0 Å². The molecule has 176 valence electrons. The first-order chi connectivity index (χ1) is 15.6. The molecule has 4 heteroatoms. The van der Waals surface area contributed by atoms with Crippen LogP contribution in [0.5, 0.6) is 5.75 Å². The van der Waals surface area contributed by atoms with Crippen molar-refractivity contribution < 1.29 is 9.53 Å². The van der Waals surface area contributed by atoms with Crippen molar-refractivity contribution in [2.24, 2.45) is 5.73 Å². The molecule has 1 unspecified atom stereocenters. The highest BCUT2D eigenvalue weighted by atomic mass is 16.5. The molecule has 32 heavy (non-hydrogen) atoms. The van der Waals surface area contributed by atoms with Crippen LogP contribution in [-0.2, 0) is 6.42 Å². The predicted molar refractivity (Wildman–Crippen MR) is 136 cm³/mol. The zero-order valence-corrected chi connectivity index (χ0v) is 20.1. The maximum Gasteiger partial charge on any atom is 0.259 e. The molecule has 0 spiro atoms. The first-order valence-electron chi connectivity index (χ1n) is 12.5. The van der Waals surface area contributed by atoms with Crippen molar-refractivity contribution in [3.05, 3.63) is 59.7 Å². The Bertz CT molecular complexity index is 771. The number of rotatable bonds is 16. The second-order valence-corrected chi connectivity index (χ2v) is 8.86. The van der Waals surface area contributed by atoms with Gasteiger partial charge in [-0.25, -0.2) is 0 Å². The molecule has 0 heterocycles. The number of nitrogens with one attached hydrogen (secondary N) is 1. The van der Waals surface area contributed by atoms with Crippen LogP contribution < -0.4 is 15.8 Å². The van der Waals surface area contributed by atoms with Crippen molar-refractivity contribution in [3.63, 3.8) is 0 Å². The predicted octanol–water partition coefficient (Wildman–Crippen LogP) is 7.13. The molecule has 2 rings (SSSR count). The highest BCUT2D eigenvalue weighted by Crippen LogP contribution is 2.21. The summed E-state index contributed by atoms with van der Waals surface area (Å²) in [5, 5.41) is 2.97. The van der Waals surface area contributed by atoms with Gasteiger partial charge in [-0.05, 0) is 49.6 Å². The topological polar surface area (TPSA) is 64.3 Å². The number of benzene rings is 2. The average molecular weight is 439 g/mol. The summed E-state index contributed by atoms with van der Waals surface area (Å²) in [6, 6.07) is 15.4. The molecule has 0 aliphatic rings. The molecule has 0 aliphatic carbocycles. The molecule has 0 saturated carbocycles. The van der Waals surface area contributed by atoms with E-state index in [4.69, 9.17) is 10.5 Å². The van der Waals surface area contributed by atoms with Crippen molar-refractivity contribution in [3.8, 4) is 5.75 Å².